The van der Waals surface area contributed by atoms with Gasteiger partial charge in [-0.3, -0.25) is 9.97 Å². The minimum absolute atomic E-state index is 0.0238. The number of nitrogens with one attached hydrogen (secondary N) is 2. The van der Waals surface area contributed by atoms with Gasteiger partial charge in [0.2, 0.25) is 0 Å². The van der Waals surface area contributed by atoms with Gasteiger partial charge in [-0.05, 0) is 36.2 Å². The van der Waals surface area contributed by atoms with Crippen LogP contribution in [-0.4, -0.2) is 16.0 Å². The fraction of sp³-hybridized carbons (Fsp3) is 0.150. The SMILES string of the molecule is Cc1cccc(-c2ccnc(CNC(=O)Nc3cccnc3)c2C(F)(F)F)c1. The molecule has 3 aromatic rings. The Kier molecular flexibility index (Phi) is 5.58. The third-order valence-electron chi connectivity index (χ3n) is 3.98. The summed E-state index contributed by atoms with van der Waals surface area (Å²) in [6, 6.07) is 10.7. The number of hydrogen-bond donors (Lipinski definition) is 2. The number of rotatable bonds is 4. The molecule has 0 saturated heterocycles. The molecule has 2 amide bonds. The fourth-order valence-corrected chi connectivity index (χ4v) is 2.78. The van der Waals surface area contributed by atoms with Crippen LogP contribution in [0.5, 0.6) is 0 Å². The summed E-state index contributed by atoms with van der Waals surface area (Å²) >= 11 is 0. The lowest BCUT2D eigenvalue weighted by Gasteiger charge is -2.17. The minimum atomic E-state index is -4.62. The van der Waals surface area contributed by atoms with Crippen LogP contribution in [-0.2, 0) is 12.7 Å². The smallest absolute Gasteiger partial charge is 0.332 e. The molecule has 0 saturated carbocycles. The highest BCUT2D eigenvalue weighted by atomic mass is 19.4. The molecule has 0 atom stereocenters. The number of benzene rings is 1. The molecule has 0 aliphatic rings. The molecule has 8 heteroatoms. The van der Waals surface area contributed by atoms with Gasteiger partial charge in [0.05, 0.1) is 29.7 Å². The molecule has 2 aromatic heterocycles. The molecular weight excluding hydrogens is 369 g/mol. The van der Waals surface area contributed by atoms with Gasteiger partial charge in [0.1, 0.15) is 0 Å². The van der Waals surface area contributed by atoms with E-state index in [2.05, 4.69) is 20.6 Å². The number of alkyl halides is 3. The van der Waals surface area contributed by atoms with E-state index in [0.29, 0.717) is 11.3 Å². The first-order valence-electron chi connectivity index (χ1n) is 8.41. The molecule has 0 bridgehead atoms. The van der Waals surface area contributed by atoms with Gasteiger partial charge in [-0.1, -0.05) is 29.8 Å². The lowest BCUT2D eigenvalue weighted by atomic mass is 9.97. The molecule has 2 N–H and O–H groups in total. The van der Waals surface area contributed by atoms with Crippen LogP contribution in [0.15, 0.2) is 61.1 Å². The predicted molar refractivity (Wildman–Crippen MR) is 99.5 cm³/mol. The van der Waals surface area contributed by atoms with E-state index in [-0.39, 0.29) is 17.8 Å². The van der Waals surface area contributed by atoms with E-state index in [1.165, 1.54) is 18.5 Å². The zero-order valence-electron chi connectivity index (χ0n) is 14.9. The first kappa shape index (κ1) is 19.3. The van der Waals surface area contributed by atoms with Gasteiger partial charge in [0, 0.05) is 12.4 Å². The molecule has 0 aliphatic carbocycles. The summed E-state index contributed by atoms with van der Waals surface area (Å²) in [5, 5.41) is 4.91. The van der Waals surface area contributed by atoms with E-state index in [9.17, 15) is 18.0 Å². The Hall–Kier alpha value is -3.42. The van der Waals surface area contributed by atoms with Crippen molar-refractivity contribution in [3.8, 4) is 11.1 Å². The molecule has 0 unspecified atom stereocenters. The second-order valence-electron chi connectivity index (χ2n) is 6.10. The van der Waals surface area contributed by atoms with Gasteiger partial charge < -0.3 is 10.6 Å². The minimum Gasteiger partial charge on any atom is -0.332 e. The van der Waals surface area contributed by atoms with Crippen molar-refractivity contribution in [3.05, 3.63) is 77.9 Å². The number of carbonyl (C=O) groups is 1. The van der Waals surface area contributed by atoms with Crippen LogP contribution in [0.4, 0.5) is 23.7 Å². The quantitative estimate of drug-likeness (QED) is 0.677. The largest absolute Gasteiger partial charge is 0.418 e. The third kappa shape index (κ3) is 4.64. The Morgan fingerprint density at radius 2 is 1.93 bits per heavy atom. The molecule has 144 valence electrons. The normalized spacial score (nSPS) is 11.1. The van der Waals surface area contributed by atoms with E-state index < -0.39 is 17.8 Å². The van der Waals surface area contributed by atoms with Gasteiger partial charge in [-0.25, -0.2) is 4.79 Å². The number of pyridine rings is 2. The first-order chi connectivity index (χ1) is 13.3. The standard InChI is InChI=1S/C20H17F3N4O/c1-13-4-2-5-14(10-13)16-7-9-25-17(18(16)20(21,22)23)12-26-19(28)27-15-6-3-8-24-11-15/h2-11H,12H2,1H3,(H2,26,27,28). The van der Waals surface area contributed by atoms with Crippen molar-refractivity contribution in [3.63, 3.8) is 0 Å². The topological polar surface area (TPSA) is 66.9 Å². The number of carbonyl (C=O) groups excluding carboxylic acids is 1. The molecule has 3 rings (SSSR count). The maximum Gasteiger partial charge on any atom is 0.418 e. The summed E-state index contributed by atoms with van der Waals surface area (Å²) in [4.78, 5) is 19.7. The summed E-state index contributed by atoms with van der Waals surface area (Å²) < 4.78 is 41.4. The van der Waals surface area contributed by atoms with E-state index in [0.717, 1.165) is 5.56 Å². The molecule has 0 radical (unpaired) electrons. The maximum atomic E-state index is 13.8. The van der Waals surface area contributed by atoms with Crippen molar-refractivity contribution in [1.29, 1.82) is 0 Å². The van der Waals surface area contributed by atoms with Crippen LogP contribution in [0.1, 0.15) is 16.8 Å². The van der Waals surface area contributed by atoms with Crippen molar-refractivity contribution in [2.75, 3.05) is 5.32 Å². The highest BCUT2D eigenvalue weighted by molar-refractivity contribution is 5.88. The average Bonchev–Trinajstić information content (AvgIpc) is 2.66. The monoisotopic (exact) mass is 386 g/mol. The van der Waals surface area contributed by atoms with Gasteiger partial charge >= 0.3 is 12.2 Å². The average molecular weight is 386 g/mol. The Balaban J connectivity index is 1.87. The summed E-state index contributed by atoms with van der Waals surface area (Å²) in [7, 11) is 0. The Labute approximate surface area is 159 Å². The van der Waals surface area contributed by atoms with Crippen LogP contribution in [0.2, 0.25) is 0 Å². The fourth-order valence-electron chi connectivity index (χ4n) is 2.78. The van der Waals surface area contributed by atoms with Crippen molar-refractivity contribution in [1.82, 2.24) is 15.3 Å². The molecule has 0 aliphatic heterocycles. The Morgan fingerprint density at radius 3 is 2.61 bits per heavy atom. The van der Waals surface area contributed by atoms with Gasteiger partial charge in [-0.15, -0.1) is 0 Å². The van der Waals surface area contributed by atoms with Crippen LogP contribution >= 0.6 is 0 Å². The molecule has 2 heterocycles. The van der Waals surface area contributed by atoms with Crippen LogP contribution in [0.25, 0.3) is 11.1 Å². The molecule has 0 fully saturated rings. The molecule has 1 aromatic carbocycles. The zero-order valence-corrected chi connectivity index (χ0v) is 14.9. The lowest BCUT2D eigenvalue weighted by Crippen LogP contribution is -2.29. The van der Waals surface area contributed by atoms with E-state index in [4.69, 9.17) is 0 Å². The summed E-state index contributed by atoms with van der Waals surface area (Å²) in [5.74, 6) is 0. The highest BCUT2D eigenvalue weighted by Crippen LogP contribution is 2.38. The number of aryl methyl sites for hydroxylation is 1. The van der Waals surface area contributed by atoms with E-state index >= 15 is 0 Å². The van der Waals surface area contributed by atoms with E-state index in [1.54, 1.807) is 36.5 Å². The van der Waals surface area contributed by atoms with Crippen molar-refractivity contribution >= 4 is 11.7 Å². The summed E-state index contributed by atoms with van der Waals surface area (Å²) in [5.41, 5.74) is 0.622. The van der Waals surface area contributed by atoms with Crippen molar-refractivity contribution in [2.24, 2.45) is 0 Å². The predicted octanol–water partition coefficient (Wildman–Crippen LogP) is 4.79. The summed E-state index contributed by atoms with van der Waals surface area (Å²) in [6.45, 7) is 1.43. The number of halogens is 3. The number of anilines is 1. The maximum absolute atomic E-state index is 13.8. The van der Waals surface area contributed by atoms with Gasteiger partial charge in [0.25, 0.3) is 0 Å². The van der Waals surface area contributed by atoms with Crippen molar-refractivity contribution < 1.29 is 18.0 Å². The second kappa shape index (κ2) is 8.08. The number of nitrogens with zero attached hydrogens (tertiary/aromatic N) is 2. The van der Waals surface area contributed by atoms with Crippen LogP contribution < -0.4 is 10.6 Å². The first-order valence-corrected chi connectivity index (χ1v) is 8.41. The Morgan fingerprint density at radius 1 is 1.11 bits per heavy atom. The summed E-state index contributed by atoms with van der Waals surface area (Å²) in [6.07, 6.45) is -0.343. The van der Waals surface area contributed by atoms with Crippen LogP contribution in [0, 0.1) is 6.92 Å². The van der Waals surface area contributed by atoms with Gasteiger partial charge in [0.15, 0.2) is 0 Å². The van der Waals surface area contributed by atoms with Crippen LogP contribution in [0.3, 0.4) is 0 Å². The second-order valence-corrected chi connectivity index (χ2v) is 6.10. The Bertz CT molecular complexity index is 975. The van der Waals surface area contributed by atoms with Crippen molar-refractivity contribution in [2.45, 2.75) is 19.6 Å². The number of urea groups is 1. The van der Waals surface area contributed by atoms with Gasteiger partial charge in [-0.2, -0.15) is 13.2 Å². The molecule has 28 heavy (non-hydrogen) atoms. The molecule has 5 nitrogen and oxygen atoms in total. The third-order valence-corrected chi connectivity index (χ3v) is 3.98. The number of aromatic nitrogens is 2. The molecule has 0 spiro atoms. The zero-order chi connectivity index (χ0) is 20.1. The lowest BCUT2D eigenvalue weighted by molar-refractivity contribution is -0.138. The highest BCUT2D eigenvalue weighted by Gasteiger charge is 2.37. The van der Waals surface area contributed by atoms with E-state index in [1.807, 2.05) is 13.0 Å². The number of amides is 2. The number of hydrogen-bond acceptors (Lipinski definition) is 3. The molecular formula is C20H17F3N4O.